The van der Waals surface area contributed by atoms with Gasteiger partial charge in [-0.25, -0.2) is 4.79 Å². The second-order valence-corrected chi connectivity index (χ2v) is 5.14. The van der Waals surface area contributed by atoms with Gasteiger partial charge in [0.25, 0.3) is 0 Å². The second kappa shape index (κ2) is 7.35. The molecule has 22 heavy (non-hydrogen) atoms. The van der Waals surface area contributed by atoms with E-state index in [1.54, 1.807) is 18.2 Å². The molecule has 0 saturated heterocycles. The summed E-state index contributed by atoms with van der Waals surface area (Å²) in [5.74, 6) is 1.10. The number of nitrogens with one attached hydrogen (secondary N) is 2. The van der Waals surface area contributed by atoms with Crippen molar-refractivity contribution in [1.82, 2.24) is 15.2 Å². The van der Waals surface area contributed by atoms with Crippen LogP contribution in [-0.4, -0.2) is 34.8 Å². The van der Waals surface area contributed by atoms with E-state index in [1.165, 1.54) is 13.3 Å². The molecule has 2 rings (SSSR count). The molecule has 0 bridgehead atoms. The Morgan fingerprint density at radius 3 is 2.91 bits per heavy atom. The number of carbonyl (C=O) groups is 1. The predicted molar refractivity (Wildman–Crippen MR) is 84.2 cm³/mol. The fourth-order valence-electron chi connectivity index (χ4n) is 1.72. The second-order valence-electron chi connectivity index (χ2n) is 5.14. The molecule has 0 aliphatic rings. The van der Waals surface area contributed by atoms with Gasteiger partial charge in [0.2, 0.25) is 5.95 Å². The largest absolute Gasteiger partial charge is 0.465 e. The number of esters is 1. The summed E-state index contributed by atoms with van der Waals surface area (Å²) in [6, 6.07) is 6.97. The third-order valence-corrected chi connectivity index (χ3v) is 2.78. The molecule has 7 heteroatoms. The van der Waals surface area contributed by atoms with E-state index in [0.29, 0.717) is 23.2 Å². The van der Waals surface area contributed by atoms with Crippen molar-refractivity contribution in [3.8, 4) is 0 Å². The number of nitrogens with zero attached hydrogens (tertiary/aromatic N) is 3. The zero-order valence-electron chi connectivity index (χ0n) is 12.8. The highest BCUT2D eigenvalue weighted by Gasteiger charge is 2.07. The first-order valence-corrected chi connectivity index (χ1v) is 6.97. The Kier molecular flexibility index (Phi) is 5.24. The van der Waals surface area contributed by atoms with Gasteiger partial charge in [-0.3, -0.25) is 0 Å². The fourth-order valence-corrected chi connectivity index (χ4v) is 1.72. The van der Waals surface area contributed by atoms with Gasteiger partial charge in [0.15, 0.2) is 5.82 Å². The molecule has 7 nitrogen and oxygen atoms in total. The van der Waals surface area contributed by atoms with Crippen LogP contribution in [0.4, 0.5) is 17.5 Å². The van der Waals surface area contributed by atoms with Gasteiger partial charge in [0.1, 0.15) is 0 Å². The van der Waals surface area contributed by atoms with Crippen LogP contribution in [0.2, 0.25) is 0 Å². The van der Waals surface area contributed by atoms with E-state index in [1.807, 2.05) is 6.07 Å². The van der Waals surface area contributed by atoms with Crippen molar-refractivity contribution in [2.24, 2.45) is 5.92 Å². The zero-order valence-corrected chi connectivity index (χ0v) is 12.8. The highest BCUT2D eigenvalue weighted by molar-refractivity contribution is 5.90. The summed E-state index contributed by atoms with van der Waals surface area (Å²) in [7, 11) is 1.35. The molecule has 0 unspecified atom stereocenters. The van der Waals surface area contributed by atoms with Crippen LogP contribution < -0.4 is 10.6 Å². The van der Waals surface area contributed by atoms with Crippen molar-refractivity contribution in [2.45, 2.75) is 13.8 Å². The molecule has 0 atom stereocenters. The van der Waals surface area contributed by atoms with Crippen molar-refractivity contribution >= 4 is 23.4 Å². The molecule has 116 valence electrons. The van der Waals surface area contributed by atoms with Crippen molar-refractivity contribution in [3.63, 3.8) is 0 Å². The lowest BCUT2D eigenvalue weighted by atomic mass is 10.2. The topological polar surface area (TPSA) is 89.0 Å². The van der Waals surface area contributed by atoms with E-state index in [-0.39, 0.29) is 5.97 Å². The van der Waals surface area contributed by atoms with E-state index < -0.39 is 0 Å². The number of methoxy groups -OCH3 is 1. The Morgan fingerprint density at radius 1 is 1.36 bits per heavy atom. The van der Waals surface area contributed by atoms with Crippen LogP contribution in [0.1, 0.15) is 24.2 Å². The molecule has 1 heterocycles. The minimum Gasteiger partial charge on any atom is -0.465 e. The van der Waals surface area contributed by atoms with Crippen LogP contribution >= 0.6 is 0 Å². The van der Waals surface area contributed by atoms with Crippen molar-refractivity contribution < 1.29 is 9.53 Å². The Morgan fingerprint density at radius 2 is 2.18 bits per heavy atom. The van der Waals surface area contributed by atoms with Gasteiger partial charge in [-0.15, -0.1) is 5.10 Å². The monoisotopic (exact) mass is 301 g/mol. The first-order chi connectivity index (χ1) is 10.6. The molecule has 1 aromatic heterocycles. The van der Waals surface area contributed by atoms with E-state index in [4.69, 9.17) is 4.74 Å². The summed E-state index contributed by atoms with van der Waals surface area (Å²) in [6.45, 7) is 4.96. The number of carbonyl (C=O) groups excluding carboxylic acids is 1. The average Bonchev–Trinajstić information content (AvgIpc) is 2.53. The predicted octanol–water partition coefficient (Wildman–Crippen LogP) is 2.47. The standard InChI is InChI=1S/C15H19N5O2/c1-10(2)8-16-15-19-13(9-17-20-15)18-12-6-4-5-11(7-12)14(21)22-3/h4-7,9-10H,8H2,1-3H3,(H2,16,18,19,20). The van der Waals surface area contributed by atoms with Gasteiger partial charge in [0, 0.05) is 12.2 Å². The summed E-state index contributed by atoms with van der Waals surface area (Å²) in [6.07, 6.45) is 1.52. The maximum absolute atomic E-state index is 11.5. The lowest BCUT2D eigenvalue weighted by Crippen LogP contribution is -2.11. The highest BCUT2D eigenvalue weighted by Crippen LogP contribution is 2.16. The van der Waals surface area contributed by atoms with E-state index in [9.17, 15) is 4.79 Å². The van der Waals surface area contributed by atoms with Crippen LogP contribution in [-0.2, 0) is 4.74 Å². The van der Waals surface area contributed by atoms with Crippen LogP contribution in [0, 0.1) is 5.92 Å². The van der Waals surface area contributed by atoms with Gasteiger partial charge in [-0.05, 0) is 24.1 Å². The number of hydrogen-bond acceptors (Lipinski definition) is 7. The van der Waals surface area contributed by atoms with Gasteiger partial charge >= 0.3 is 5.97 Å². The smallest absolute Gasteiger partial charge is 0.337 e. The Labute approximate surface area is 129 Å². The van der Waals surface area contributed by atoms with Crippen molar-refractivity contribution in [2.75, 3.05) is 24.3 Å². The fraction of sp³-hybridized carbons (Fsp3) is 0.333. The van der Waals surface area contributed by atoms with Gasteiger partial charge in [-0.1, -0.05) is 19.9 Å². The summed E-state index contributed by atoms with van der Waals surface area (Å²) in [5.41, 5.74) is 1.19. The van der Waals surface area contributed by atoms with E-state index >= 15 is 0 Å². The number of ether oxygens (including phenoxy) is 1. The number of rotatable bonds is 6. The Balaban J connectivity index is 2.10. The minimum atomic E-state index is -0.385. The van der Waals surface area contributed by atoms with E-state index in [0.717, 1.165) is 12.2 Å². The maximum atomic E-state index is 11.5. The molecule has 0 aliphatic heterocycles. The van der Waals surface area contributed by atoms with Crippen LogP contribution in [0.3, 0.4) is 0 Å². The lowest BCUT2D eigenvalue weighted by molar-refractivity contribution is 0.0601. The third-order valence-electron chi connectivity index (χ3n) is 2.78. The summed E-state index contributed by atoms with van der Waals surface area (Å²) >= 11 is 0. The van der Waals surface area contributed by atoms with Gasteiger partial charge in [-0.2, -0.15) is 10.1 Å². The number of hydrogen-bond donors (Lipinski definition) is 2. The summed E-state index contributed by atoms with van der Waals surface area (Å²) in [5, 5.41) is 14.0. The number of anilines is 3. The molecule has 2 aromatic rings. The lowest BCUT2D eigenvalue weighted by Gasteiger charge is -2.09. The Hall–Kier alpha value is -2.70. The minimum absolute atomic E-state index is 0.385. The number of aromatic nitrogens is 3. The quantitative estimate of drug-likeness (QED) is 0.792. The van der Waals surface area contributed by atoms with E-state index in [2.05, 4.69) is 39.7 Å². The first kappa shape index (κ1) is 15.7. The van der Waals surface area contributed by atoms with Crippen molar-refractivity contribution in [3.05, 3.63) is 36.0 Å². The van der Waals surface area contributed by atoms with Gasteiger partial charge < -0.3 is 15.4 Å². The summed E-state index contributed by atoms with van der Waals surface area (Å²) < 4.78 is 4.70. The zero-order chi connectivity index (χ0) is 15.9. The molecule has 0 fully saturated rings. The molecular formula is C15H19N5O2. The highest BCUT2D eigenvalue weighted by atomic mass is 16.5. The molecular weight excluding hydrogens is 282 g/mol. The van der Waals surface area contributed by atoms with Crippen LogP contribution in [0.15, 0.2) is 30.5 Å². The maximum Gasteiger partial charge on any atom is 0.337 e. The first-order valence-electron chi connectivity index (χ1n) is 6.97. The molecule has 0 saturated carbocycles. The molecule has 0 radical (unpaired) electrons. The van der Waals surface area contributed by atoms with Gasteiger partial charge in [0.05, 0.1) is 18.9 Å². The Bertz CT molecular complexity index is 645. The number of benzene rings is 1. The third kappa shape index (κ3) is 4.41. The molecule has 0 amide bonds. The molecule has 0 spiro atoms. The molecule has 0 aliphatic carbocycles. The van der Waals surface area contributed by atoms with Crippen LogP contribution in [0.25, 0.3) is 0 Å². The molecule has 1 aromatic carbocycles. The summed E-state index contributed by atoms with van der Waals surface area (Å²) in [4.78, 5) is 15.8. The van der Waals surface area contributed by atoms with Crippen molar-refractivity contribution in [1.29, 1.82) is 0 Å². The SMILES string of the molecule is COC(=O)c1cccc(Nc2cnnc(NCC(C)C)n2)c1. The van der Waals surface area contributed by atoms with Crippen LogP contribution in [0.5, 0.6) is 0 Å². The molecule has 2 N–H and O–H groups in total. The normalized spacial score (nSPS) is 10.4. The average molecular weight is 301 g/mol.